The second-order valence-electron chi connectivity index (χ2n) is 3.76. The van der Waals surface area contributed by atoms with Crippen LogP contribution in [0.2, 0.25) is 0 Å². The van der Waals surface area contributed by atoms with Gasteiger partial charge in [0.05, 0.1) is 17.4 Å². The van der Waals surface area contributed by atoms with Crippen LogP contribution >= 0.6 is 11.8 Å². The number of amides is 1. The molecule has 0 aliphatic carbocycles. The van der Waals surface area contributed by atoms with E-state index < -0.39 is 0 Å². The first-order valence-electron chi connectivity index (χ1n) is 5.76. The average Bonchev–Trinajstić information content (AvgIpc) is 2.46. The molecule has 0 spiro atoms. The number of hydrogen-bond donors (Lipinski definition) is 1. The number of anilines is 1. The van der Waals surface area contributed by atoms with Crippen LogP contribution in [-0.2, 0) is 0 Å². The molecule has 0 aliphatic heterocycles. The van der Waals surface area contributed by atoms with Crippen LogP contribution in [0.4, 0.5) is 5.69 Å². The molecule has 0 fully saturated rings. The minimum Gasteiger partial charge on any atom is -0.322 e. The van der Waals surface area contributed by atoms with Crippen molar-refractivity contribution < 1.29 is 4.79 Å². The Kier molecular flexibility index (Phi) is 4.60. The van der Waals surface area contributed by atoms with Crippen LogP contribution in [0.1, 0.15) is 10.4 Å². The second-order valence-corrected chi connectivity index (χ2v) is 4.78. The fraction of sp³-hybridized carbons (Fsp3) is 0.0667. The molecule has 2 rings (SSSR count). The monoisotopic (exact) mass is 268 g/mol. The van der Waals surface area contributed by atoms with E-state index >= 15 is 0 Å². The van der Waals surface area contributed by atoms with Crippen molar-refractivity contribution in [3.63, 3.8) is 0 Å². The number of nitrogens with zero attached hydrogens (tertiary/aromatic N) is 1. The van der Waals surface area contributed by atoms with Gasteiger partial charge in [-0.3, -0.25) is 4.79 Å². The van der Waals surface area contributed by atoms with E-state index in [4.69, 9.17) is 5.26 Å². The fourth-order valence-corrected chi connectivity index (χ4v) is 2.32. The third kappa shape index (κ3) is 3.60. The molecule has 0 heterocycles. The summed E-state index contributed by atoms with van der Waals surface area (Å²) >= 11 is 1.36. The Hall–Kier alpha value is -2.25. The number of nitriles is 1. The van der Waals surface area contributed by atoms with Crippen molar-refractivity contribution in [2.24, 2.45) is 0 Å². The van der Waals surface area contributed by atoms with Gasteiger partial charge in [-0.05, 0) is 24.3 Å². The molecule has 19 heavy (non-hydrogen) atoms. The molecular formula is C15H12N2OS. The van der Waals surface area contributed by atoms with Crippen LogP contribution in [0.25, 0.3) is 0 Å². The number of thioether (sulfide) groups is 1. The minimum absolute atomic E-state index is 0.160. The molecule has 0 saturated heterocycles. The molecule has 2 aromatic carbocycles. The predicted molar refractivity (Wildman–Crippen MR) is 77.2 cm³/mol. The summed E-state index contributed by atoms with van der Waals surface area (Å²) in [5.41, 5.74) is 1.35. The molecule has 0 aromatic heterocycles. The molecule has 3 nitrogen and oxygen atoms in total. The zero-order chi connectivity index (χ0) is 13.5. The Labute approximate surface area is 116 Å². The van der Waals surface area contributed by atoms with Crippen LogP contribution in [0, 0.1) is 11.3 Å². The van der Waals surface area contributed by atoms with E-state index in [1.807, 2.05) is 48.5 Å². The lowest BCUT2D eigenvalue weighted by atomic mass is 10.2. The normalized spacial score (nSPS) is 9.63. The molecule has 1 amide bonds. The summed E-state index contributed by atoms with van der Waals surface area (Å²) in [6, 6.07) is 18.7. The number of benzene rings is 2. The topological polar surface area (TPSA) is 52.9 Å². The van der Waals surface area contributed by atoms with Crippen molar-refractivity contribution in [3.05, 3.63) is 60.2 Å². The maximum absolute atomic E-state index is 12.2. The van der Waals surface area contributed by atoms with E-state index in [2.05, 4.69) is 11.4 Å². The molecule has 0 bridgehead atoms. The molecule has 0 saturated carbocycles. The number of rotatable bonds is 4. The van der Waals surface area contributed by atoms with Gasteiger partial charge in [-0.15, -0.1) is 11.8 Å². The highest BCUT2D eigenvalue weighted by atomic mass is 32.2. The van der Waals surface area contributed by atoms with Gasteiger partial charge >= 0.3 is 0 Å². The van der Waals surface area contributed by atoms with Crippen LogP contribution < -0.4 is 5.32 Å². The van der Waals surface area contributed by atoms with E-state index in [1.165, 1.54) is 11.8 Å². The highest BCUT2D eigenvalue weighted by Crippen LogP contribution is 2.23. The van der Waals surface area contributed by atoms with Gasteiger partial charge in [0, 0.05) is 10.6 Å². The Morgan fingerprint density at radius 1 is 1.11 bits per heavy atom. The standard InChI is InChI=1S/C15H12N2OS/c16-10-11-19-14-9-5-4-8-13(14)15(18)17-12-6-2-1-3-7-12/h1-9H,11H2,(H,17,18). The van der Waals surface area contributed by atoms with Crippen LogP contribution in [0.15, 0.2) is 59.5 Å². The summed E-state index contributed by atoms with van der Waals surface area (Å²) in [4.78, 5) is 13.0. The number of nitrogens with one attached hydrogen (secondary N) is 1. The van der Waals surface area contributed by atoms with Gasteiger partial charge in [-0.1, -0.05) is 30.3 Å². The zero-order valence-electron chi connectivity index (χ0n) is 10.2. The number of carbonyl (C=O) groups is 1. The third-order valence-corrected chi connectivity index (χ3v) is 3.40. The van der Waals surface area contributed by atoms with E-state index in [1.54, 1.807) is 6.07 Å². The lowest BCUT2D eigenvalue weighted by Gasteiger charge is -2.08. The van der Waals surface area contributed by atoms with Crippen molar-refractivity contribution in [1.29, 1.82) is 5.26 Å². The Morgan fingerprint density at radius 2 is 1.79 bits per heavy atom. The first-order valence-corrected chi connectivity index (χ1v) is 6.75. The first-order chi connectivity index (χ1) is 9.31. The maximum Gasteiger partial charge on any atom is 0.256 e. The fourth-order valence-electron chi connectivity index (χ4n) is 1.61. The average molecular weight is 268 g/mol. The molecule has 2 aromatic rings. The Morgan fingerprint density at radius 3 is 2.53 bits per heavy atom. The highest BCUT2D eigenvalue weighted by molar-refractivity contribution is 7.99. The quantitative estimate of drug-likeness (QED) is 0.863. The molecular weight excluding hydrogens is 256 g/mol. The van der Waals surface area contributed by atoms with Crippen molar-refractivity contribution in [2.75, 3.05) is 11.1 Å². The Bertz CT molecular complexity index is 605. The van der Waals surface area contributed by atoms with Crippen molar-refractivity contribution in [1.82, 2.24) is 0 Å². The summed E-state index contributed by atoms with van der Waals surface area (Å²) in [7, 11) is 0. The lowest BCUT2D eigenvalue weighted by Crippen LogP contribution is -2.12. The van der Waals surface area contributed by atoms with Gasteiger partial charge in [-0.25, -0.2) is 0 Å². The van der Waals surface area contributed by atoms with E-state index in [0.29, 0.717) is 11.3 Å². The maximum atomic E-state index is 12.2. The van der Waals surface area contributed by atoms with E-state index in [-0.39, 0.29) is 5.91 Å². The molecule has 0 radical (unpaired) electrons. The SMILES string of the molecule is N#CCSc1ccccc1C(=O)Nc1ccccc1. The molecule has 0 atom stereocenters. The number of carbonyl (C=O) groups excluding carboxylic acids is 1. The van der Waals surface area contributed by atoms with Gasteiger partial charge in [0.2, 0.25) is 0 Å². The summed E-state index contributed by atoms with van der Waals surface area (Å²) in [6.07, 6.45) is 0. The Balaban J connectivity index is 2.17. The van der Waals surface area contributed by atoms with Gasteiger partial charge < -0.3 is 5.32 Å². The molecule has 0 unspecified atom stereocenters. The summed E-state index contributed by atoms with van der Waals surface area (Å²) in [5.74, 6) is 0.169. The molecule has 0 aliphatic rings. The van der Waals surface area contributed by atoms with Crippen LogP contribution in [-0.4, -0.2) is 11.7 Å². The van der Waals surface area contributed by atoms with E-state index in [9.17, 15) is 4.79 Å². The van der Waals surface area contributed by atoms with Gasteiger partial charge in [0.1, 0.15) is 0 Å². The number of para-hydroxylation sites is 1. The summed E-state index contributed by atoms with van der Waals surface area (Å²) in [6.45, 7) is 0. The second kappa shape index (κ2) is 6.62. The first kappa shape index (κ1) is 13.2. The van der Waals surface area contributed by atoms with Crippen LogP contribution in [0.3, 0.4) is 0 Å². The van der Waals surface area contributed by atoms with Gasteiger partial charge in [0.15, 0.2) is 0 Å². The van der Waals surface area contributed by atoms with Crippen molar-refractivity contribution >= 4 is 23.4 Å². The number of hydrogen-bond acceptors (Lipinski definition) is 3. The van der Waals surface area contributed by atoms with Gasteiger partial charge in [-0.2, -0.15) is 5.26 Å². The summed E-state index contributed by atoms with van der Waals surface area (Å²) in [5, 5.41) is 11.5. The third-order valence-electron chi connectivity index (χ3n) is 2.46. The van der Waals surface area contributed by atoms with Crippen molar-refractivity contribution in [3.8, 4) is 6.07 Å². The van der Waals surface area contributed by atoms with Crippen LogP contribution in [0.5, 0.6) is 0 Å². The highest BCUT2D eigenvalue weighted by Gasteiger charge is 2.11. The predicted octanol–water partition coefficient (Wildman–Crippen LogP) is 3.55. The van der Waals surface area contributed by atoms with Gasteiger partial charge in [0.25, 0.3) is 5.91 Å². The lowest BCUT2D eigenvalue weighted by molar-refractivity contribution is 0.102. The minimum atomic E-state index is -0.160. The largest absolute Gasteiger partial charge is 0.322 e. The molecule has 4 heteroatoms. The summed E-state index contributed by atoms with van der Waals surface area (Å²) < 4.78 is 0. The molecule has 94 valence electrons. The molecule has 1 N–H and O–H groups in total. The van der Waals surface area contributed by atoms with Crippen molar-refractivity contribution in [2.45, 2.75) is 4.90 Å². The van der Waals surface area contributed by atoms with E-state index in [0.717, 1.165) is 10.6 Å². The smallest absolute Gasteiger partial charge is 0.256 e. The zero-order valence-corrected chi connectivity index (χ0v) is 11.0.